The third-order valence-corrected chi connectivity index (χ3v) is 5.77. The third kappa shape index (κ3) is 2.30. The van der Waals surface area contributed by atoms with Gasteiger partial charge in [-0.05, 0) is 48.7 Å². The van der Waals surface area contributed by atoms with Crippen LogP contribution in [0.15, 0.2) is 42.7 Å². The summed E-state index contributed by atoms with van der Waals surface area (Å²) in [5.74, 6) is 0.830. The Morgan fingerprint density at radius 2 is 2.16 bits per heavy atom. The molecule has 0 radical (unpaired) electrons. The van der Waals surface area contributed by atoms with Crippen LogP contribution in [-0.4, -0.2) is 23.1 Å². The van der Waals surface area contributed by atoms with Crippen LogP contribution in [0.5, 0.6) is 0 Å². The normalized spacial score (nSPS) is 24.3. The van der Waals surface area contributed by atoms with Gasteiger partial charge in [-0.3, -0.25) is 0 Å². The molecule has 0 spiro atoms. The summed E-state index contributed by atoms with van der Waals surface area (Å²) < 4.78 is 14.2. The lowest BCUT2D eigenvalue weighted by atomic mass is 9.94. The Morgan fingerprint density at radius 3 is 2.96 bits per heavy atom. The average Bonchev–Trinajstić information content (AvgIpc) is 3.20. The fourth-order valence-corrected chi connectivity index (χ4v) is 4.16. The number of nitrogens with one attached hydrogen (secondary N) is 2. The molecule has 3 aromatic rings. The Labute approximate surface area is 149 Å². The molecule has 25 heavy (non-hydrogen) atoms. The summed E-state index contributed by atoms with van der Waals surface area (Å²) in [6, 6.07) is 11.2. The molecular formula is C19H16ClFN4. The molecule has 2 aromatic carbocycles. The molecule has 0 amide bonds. The fraction of sp³-hybridized carbons (Fsp3) is 0.263. The minimum absolute atomic E-state index is 0.0841. The molecule has 126 valence electrons. The van der Waals surface area contributed by atoms with E-state index in [4.69, 9.17) is 11.6 Å². The van der Waals surface area contributed by atoms with Crippen LogP contribution in [0.2, 0.25) is 5.02 Å². The zero-order valence-corrected chi connectivity index (χ0v) is 14.1. The van der Waals surface area contributed by atoms with Gasteiger partial charge in [0.05, 0.1) is 16.2 Å². The van der Waals surface area contributed by atoms with E-state index in [1.54, 1.807) is 12.1 Å². The maximum absolute atomic E-state index is 14.2. The second-order valence-corrected chi connectivity index (χ2v) is 7.28. The number of anilines is 2. The first-order valence-electron chi connectivity index (χ1n) is 8.34. The van der Waals surface area contributed by atoms with E-state index < -0.39 is 5.82 Å². The summed E-state index contributed by atoms with van der Waals surface area (Å²) >= 11 is 5.88. The molecule has 1 aliphatic carbocycles. The number of aromatic nitrogens is 2. The highest BCUT2D eigenvalue weighted by atomic mass is 35.5. The van der Waals surface area contributed by atoms with Crippen molar-refractivity contribution in [3.8, 4) is 0 Å². The van der Waals surface area contributed by atoms with E-state index >= 15 is 0 Å². The molecule has 2 unspecified atom stereocenters. The lowest BCUT2D eigenvalue weighted by Gasteiger charge is -2.15. The highest BCUT2D eigenvalue weighted by Crippen LogP contribution is 2.56. The molecule has 2 heterocycles. The van der Waals surface area contributed by atoms with Gasteiger partial charge in [-0.1, -0.05) is 23.7 Å². The summed E-state index contributed by atoms with van der Waals surface area (Å²) in [6.07, 6.45) is 2.72. The summed E-state index contributed by atoms with van der Waals surface area (Å²) in [6.45, 7) is 2.10. The van der Waals surface area contributed by atoms with Crippen molar-refractivity contribution in [3.63, 3.8) is 0 Å². The van der Waals surface area contributed by atoms with Gasteiger partial charge in [-0.25, -0.2) is 14.4 Å². The van der Waals surface area contributed by atoms with Crippen molar-refractivity contribution in [1.29, 1.82) is 0 Å². The summed E-state index contributed by atoms with van der Waals surface area (Å²) in [4.78, 5) is 8.67. The van der Waals surface area contributed by atoms with Gasteiger partial charge in [0.25, 0.3) is 0 Å². The van der Waals surface area contributed by atoms with Crippen molar-refractivity contribution in [1.82, 2.24) is 15.3 Å². The van der Waals surface area contributed by atoms with Crippen LogP contribution >= 0.6 is 11.6 Å². The third-order valence-electron chi connectivity index (χ3n) is 5.48. The number of nitrogens with zero attached hydrogens (tertiary/aromatic N) is 2. The molecular weight excluding hydrogens is 339 g/mol. The number of fused-ring (bicyclic) bond motifs is 2. The van der Waals surface area contributed by atoms with E-state index in [1.165, 1.54) is 24.4 Å². The zero-order chi connectivity index (χ0) is 17.0. The second-order valence-electron chi connectivity index (χ2n) is 6.87. The van der Waals surface area contributed by atoms with Crippen molar-refractivity contribution < 1.29 is 4.39 Å². The molecule has 0 bridgehead atoms. The molecule has 6 heteroatoms. The van der Waals surface area contributed by atoms with Crippen LogP contribution in [0.25, 0.3) is 10.9 Å². The van der Waals surface area contributed by atoms with Crippen LogP contribution in [-0.2, 0) is 5.41 Å². The minimum atomic E-state index is -0.479. The van der Waals surface area contributed by atoms with E-state index in [2.05, 4.69) is 32.7 Å². The Morgan fingerprint density at radius 1 is 1.24 bits per heavy atom. The molecule has 1 aliphatic heterocycles. The van der Waals surface area contributed by atoms with Gasteiger partial charge < -0.3 is 10.6 Å². The van der Waals surface area contributed by atoms with Crippen LogP contribution < -0.4 is 10.6 Å². The van der Waals surface area contributed by atoms with E-state index in [0.29, 0.717) is 11.5 Å². The fourth-order valence-electron chi connectivity index (χ4n) is 3.98. The van der Waals surface area contributed by atoms with Crippen molar-refractivity contribution >= 4 is 34.0 Å². The van der Waals surface area contributed by atoms with Gasteiger partial charge in [-0.2, -0.15) is 0 Å². The molecule has 2 atom stereocenters. The van der Waals surface area contributed by atoms with Crippen LogP contribution in [0.3, 0.4) is 0 Å². The Kier molecular flexibility index (Phi) is 3.24. The van der Waals surface area contributed by atoms with Gasteiger partial charge in [0.2, 0.25) is 0 Å². The lowest BCUT2D eigenvalue weighted by molar-refractivity contribution is 0.632. The number of halogens is 2. The summed E-state index contributed by atoms with van der Waals surface area (Å²) in [7, 11) is 0. The monoisotopic (exact) mass is 354 g/mol. The predicted molar refractivity (Wildman–Crippen MR) is 96.9 cm³/mol. The molecule has 1 saturated heterocycles. The first-order valence-corrected chi connectivity index (χ1v) is 8.72. The number of benzene rings is 2. The first-order chi connectivity index (χ1) is 12.2. The van der Waals surface area contributed by atoms with Crippen molar-refractivity contribution in [2.24, 2.45) is 5.92 Å². The summed E-state index contributed by atoms with van der Waals surface area (Å²) in [5, 5.41) is 7.52. The summed E-state index contributed by atoms with van der Waals surface area (Å²) in [5.41, 5.74) is 2.70. The SMILES string of the molecule is Fc1c(Cl)cccc1Nc1ncnc2ccc(C34CNCC3C4)cc12. The van der Waals surface area contributed by atoms with Crippen molar-refractivity contribution in [3.05, 3.63) is 59.1 Å². The van der Waals surface area contributed by atoms with Crippen molar-refractivity contribution in [2.45, 2.75) is 11.8 Å². The number of hydrogen-bond donors (Lipinski definition) is 2. The maximum Gasteiger partial charge on any atom is 0.165 e. The smallest absolute Gasteiger partial charge is 0.165 e. The van der Waals surface area contributed by atoms with E-state index in [9.17, 15) is 4.39 Å². The molecule has 1 aromatic heterocycles. The molecule has 2 N–H and O–H groups in total. The van der Waals surface area contributed by atoms with E-state index in [-0.39, 0.29) is 10.4 Å². The van der Waals surface area contributed by atoms with Crippen LogP contribution in [0.1, 0.15) is 12.0 Å². The second kappa shape index (κ2) is 5.38. The Balaban J connectivity index is 1.59. The van der Waals surface area contributed by atoms with E-state index in [0.717, 1.165) is 29.9 Å². The standard InChI is InChI=1S/C19H16ClFN4/c20-14-2-1-3-16(17(14)21)25-18-13-6-11(4-5-15(13)23-10-24-18)19-7-12(19)8-22-9-19/h1-6,10,12,22H,7-9H2,(H,23,24,25). The topological polar surface area (TPSA) is 49.8 Å². The molecule has 5 rings (SSSR count). The number of rotatable bonds is 3. The van der Waals surface area contributed by atoms with Crippen LogP contribution in [0.4, 0.5) is 15.9 Å². The first kappa shape index (κ1) is 15.0. The zero-order valence-electron chi connectivity index (χ0n) is 13.4. The minimum Gasteiger partial charge on any atom is -0.337 e. The number of hydrogen-bond acceptors (Lipinski definition) is 4. The Hall–Kier alpha value is -2.24. The van der Waals surface area contributed by atoms with Gasteiger partial charge >= 0.3 is 0 Å². The molecule has 2 fully saturated rings. The van der Waals surface area contributed by atoms with Gasteiger partial charge in [0.1, 0.15) is 12.1 Å². The van der Waals surface area contributed by atoms with Gasteiger partial charge in [0, 0.05) is 17.3 Å². The predicted octanol–water partition coefficient (Wildman–Crippen LogP) is 4.03. The lowest BCUT2D eigenvalue weighted by Crippen LogP contribution is -2.19. The quantitative estimate of drug-likeness (QED) is 0.745. The average molecular weight is 355 g/mol. The highest BCUT2D eigenvalue weighted by Gasteiger charge is 2.58. The van der Waals surface area contributed by atoms with Crippen LogP contribution in [0, 0.1) is 11.7 Å². The number of piperidine rings is 1. The maximum atomic E-state index is 14.2. The Bertz CT molecular complexity index is 992. The molecule has 1 saturated carbocycles. The van der Waals surface area contributed by atoms with Crippen molar-refractivity contribution in [2.75, 3.05) is 18.4 Å². The van der Waals surface area contributed by atoms with E-state index in [1.807, 2.05) is 6.07 Å². The molecule has 4 nitrogen and oxygen atoms in total. The van der Waals surface area contributed by atoms with Gasteiger partial charge in [-0.15, -0.1) is 0 Å². The van der Waals surface area contributed by atoms with Gasteiger partial charge in [0.15, 0.2) is 5.82 Å². The molecule has 2 aliphatic rings. The largest absolute Gasteiger partial charge is 0.337 e. The highest BCUT2D eigenvalue weighted by molar-refractivity contribution is 6.31.